The Hall–Kier alpha value is -2.62. The van der Waals surface area contributed by atoms with Gasteiger partial charge >= 0.3 is 6.18 Å². The van der Waals surface area contributed by atoms with E-state index in [-0.39, 0.29) is 12.3 Å². The number of imidazole rings is 1. The first kappa shape index (κ1) is 17.8. The minimum Gasteiger partial charge on any atom is -0.353 e. The number of pyridine rings is 1. The quantitative estimate of drug-likeness (QED) is 0.684. The molecular weight excluding hydrogens is 379 g/mol. The molecular formula is C17H16F3N5OS. The van der Waals surface area contributed by atoms with Crippen molar-refractivity contribution >= 4 is 28.0 Å². The largest absolute Gasteiger partial charge is 0.417 e. The Bertz CT molecular complexity index is 913. The molecule has 0 saturated carbocycles. The SMILES string of the molecule is O=C(Cc1cn2ccsc2n1)N1CCN(c2ccc(C(F)(F)F)cn2)CC1. The summed E-state index contributed by atoms with van der Waals surface area (Å²) in [6, 6.07) is 2.41. The fourth-order valence-corrected chi connectivity index (χ4v) is 3.77. The van der Waals surface area contributed by atoms with Gasteiger partial charge in [0, 0.05) is 50.1 Å². The topological polar surface area (TPSA) is 53.7 Å². The van der Waals surface area contributed by atoms with Crippen LogP contribution in [0.1, 0.15) is 11.3 Å². The summed E-state index contributed by atoms with van der Waals surface area (Å²) in [4.78, 5) is 25.3. The maximum Gasteiger partial charge on any atom is 0.417 e. The maximum absolute atomic E-state index is 12.6. The zero-order valence-electron chi connectivity index (χ0n) is 14.2. The van der Waals surface area contributed by atoms with Gasteiger partial charge in [0.25, 0.3) is 0 Å². The number of alkyl halides is 3. The van der Waals surface area contributed by atoms with Gasteiger partial charge in [-0.05, 0) is 12.1 Å². The summed E-state index contributed by atoms with van der Waals surface area (Å²) >= 11 is 1.51. The van der Waals surface area contributed by atoms with E-state index in [1.165, 1.54) is 17.4 Å². The monoisotopic (exact) mass is 395 g/mol. The second-order valence-electron chi connectivity index (χ2n) is 6.27. The van der Waals surface area contributed by atoms with E-state index < -0.39 is 11.7 Å². The first-order valence-corrected chi connectivity index (χ1v) is 9.25. The molecule has 6 nitrogen and oxygen atoms in total. The molecule has 1 saturated heterocycles. The van der Waals surface area contributed by atoms with Crippen LogP contribution >= 0.6 is 11.3 Å². The molecule has 0 radical (unpaired) electrons. The number of thiazole rings is 1. The third-order valence-corrected chi connectivity index (χ3v) is 5.28. The van der Waals surface area contributed by atoms with Crippen molar-refractivity contribution in [3.8, 4) is 0 Å². The van der Waals surface area contributed by atoms with Crippen molar-refractivity contribution in [2.24, 2.45) is 0 Å². The highest BCUT2D eigenvalue weighted by molar-refractivity contribution is 7.15. The van der Waals surface area contributed by atoms with E-state index in [2.05, 4.69) is 9.97 Å². The summed E-state index contributed by atoms with van der Waals surface area (Å²) in [6.07, 6.45) is 0.450. The van der Waals surface area contributed by atoms with Crippen molar-refractivity contribution in [2.75, 3.05) is 31.1 Å². The van der Waals surface area contributed by atoms with Gasteiger partial charge in [0.2, 0.25) is 5.91 Å². The predicted octanol–water partition coefficient (Wildman–Crippen LogP) is 2.70. The average Bonchev–Trinajstić information content (AvgIpc) is 3.23. The van der Waals surface area contributed by atoms with Crippen LogP contribution in [0.2, 0.25) is 0 Å². The molecule has 0 unspecified atom stereocenters. The van der Waals surface area contributed by atoms with Crippen LogP contribution in [0, 0.1) is 0 Å². The Balaban J connectivity index is 1.34. The Morgan fingerprint density at radius 1 is 1.19 bits per heavy atom. The molecule has 0 spiro atoms. The normalized spacial score (nSPS) is 15.5. The minimum atomic E-state index is -4.39. The fraction of sp³-hybridized carbons (Fsp3) is 0.353. The molecule has 10 heteroatoms. The summed E-state index contributed by atoms with van der Waals surface area (Å²) in [7, 11) is 0. The van der Waals surface area contributed by atoms with E-state index in [4.69, 9.17) is 0 Å². The number of fused-ring (bicyclic) bond motifs is 1. The number of aromatic nitrogens is 3. The standard InChI is InChI=1S/C17H16F3N5OS/c18-17(19,20)12-1-2-14(21-10-12)23-3-5-24(6-4-23)15(26)9-13-11-25-7-8-27-16(25)22-13/h1-2,7-8,10-11H,3-6,9H2. The van der Waals surface area contributed by atoms with Crippen molar-refractivity contribution in [2.45, 2.75) is 12.6 Å². The summed E-state index contributed by atoms with van der Waals surface area (Å²) in [5.74, 6) is 0.491. The van der Waals surface area contributed by atoms with Crippen LogP contribution in [0.4, 0.5) is 19.0 Å². The first-order chi connectivity index (χ1) is 12.9. The summed E-state index contributed by atoms with van der Waals surface area (Å²) in [5.41, 5.74) is -0.0290. The van der Waals surface area contributed by atoms with Gasteiger partial charge in [-0.2, -0.15) is 13.2 Å². The molecule has 0 aliphatic carbocycles. The molecule has 1 fully saturated rings. The third kappa shape index (κ3) is 3.75. The van der Waals surface area contributed by atoms with E-state index in [1.54, 1.807) is 4.90 Å². The van der Waals surface area contributed by atoms with Gasteiger partial charge in [0.1, 0.15) is 5.82 Å². The summed E-state index contributed by atoms with van der Waals surface area (Å²) in [6.45, 7) is 2.07. The summed E-state index contributed by atoms with van der Waals surface area (Å²) in [5, 5.41) is 1.93. The van der Waals surface area contributed by atoms with Crippen molar-refractivity contribution in [3.63, 3.8) is 0 Å². The van der Waals surface area contributed by atoms with Gasteiger partial charge in [-0.25, -0.2) is 9.97 Å². The van der Waals surface area contributed by atoms with Gasteiger partial charge in [-0.15, -0.1) is 11.3 Å². The molecule has 0 aromatic carbocycles. The van der Waals surface area contributed by atoms with Crippen LogP contribution in [0.5, 0.6) is 0 Å². The number of rotatable bonds is 3. The molecule has 0 N–H and O–H groups in total. The molecule has 1 amide bonds. The van der Waals surface area contributed by atoms with E-state index in [0.29, 0.717) is 32.0 Å². The number of hydrogen-bond acceptors (Lipinski definition) is 5. The van der Waals surface area contributed by atoms with Gasteiger partial charge in [-0.3, -0.25) is 9.20 Å². The zero-order chi connectivity index (χ0) is 19.0. The number of nitrogens with zero attached hydrogens (tertiary/aromatic N) is 5. The van der Waals surface area contributed by atoms with E-state index in [0.717, 1.165) is 22.9 Å². The second kappa shape index (κ2) is 6.84. The summed E-state index contributed by atoms with van der Waals surface area (Å²) < 4.78 is 39.8. The van der Waals surface area contributed by atoms with Crippen LogP contribution in [-0.4, -0.2) is 51.4 Å². The fourth-order valence-electron chi connectivity index (χ4n) is 3.05. The lowest BCUT2D eigenvalue weighted by Gasteiger charge is -2.35. The van der Waals surface area contributed by atoms with Gasteiger partial charge in [-0.1, -0.05) is 0 Å². The first-order valence-electron chi connectivity index (χ1n) is 8.37. The van der Waals surface area contributed by atoms with E-state index in [9.17, 15) is 18.0 Å². The second-order valence-corrected chi connectivity index (χ2v) is 7.15. The molecule has 4 heterocycles. The molecule has 3 aromatic heterocycles. The minimum absolute atomic E-state index is 0.000724. The number of anilines is 1. The number of hydrogen-bond donors (Lipinski definition) is 0. The molecule has 0 bridgehead atoms. The molecule has 1 aliphatic rings. The van der Waals surface area contributed by atoms with E-state index in [1.807, 2.05) is 27.1 Å². The van der Waals surface area contributed by atoms with Crippen LogP contribution in [-0.2, 0) is 17.4 Å². The van der Waals surface area contributed by atoms with Gasteiger partial charge < -0.3 is 9.80 Å². The van der Waals surface area contributed by atoms with Crippen molar-refractivity contribution in [3.05, 3.63) is 47.4 Å². The van der Waals surface area contributed by atoms with Crippen molar-refractivity contribution in [1.29, 1.82) is 0 Å². The van der Waals surface area contributed by atoms with Crippen molar-refractivity contribution in [1.82, 2.24) is 19.3 Å². The molecule has 142 valence electrons. The molecule has 0 atom stereocenters. The number of halogens is 3. The highest BCUT2D eigenvalue weighted by atomic mass is 32.1. The van der Waals surface area contributed by atoms with Crippen LogP contribution in [0.25, 0.3) is 4.96 Å². The lowest BCUT2D eigenvalue weighted by molar-refractivity contribution is -0.137. The van der Waals surface area contributed by atoms with Crippen LogP contribution in [0.3, 0.4) is 0 Å². The van der Waals surface area contributed by atoms with Crippen LogP contribution < -0.4 is 4.90 Å². The van der Waals surface area contributed by atoms with Crippen LogP contribution in [0.15, 0.2) is 36.1 Å². The Morgan fingerprint density at radius 2 is 1.96 bits per heavy atom. The maximum atomic E-state index is 12.6. The smallest absolute Gasteiger partial charge is 0.353 e. The molecule has 1 aliphatic heterocycles. The number of carbonyl (C=O) groups excluding carboxylic acids is 1. The number of carbonyl (C=O) groups is 1. The molecule has 4 rings (SSSR count). The number of piperazine rings is 1. The predicted molar refractivity (Wildman–Crippen MR) is 94.8 cm³/mol. The Labute approximate surface area is 156 Å². The van der Waals surface area contributed by atoms with Gasteiger partial charge in [0.15, 0.2) is 4.96 Å². The van der Waals surface area contributed by atoms with E-state index >= 15 is 0 Å². The number of amides is 1. The third-order valence-electron chi connectivity index (χ3n) is 4.51. The zero-order valence-corrected chi connectivity index (χ0v) is 15.0. The highest BCUT2D eigenvalue weighted by Gasteiger charge is 2.31. The molecule has 27 heavy (non-hydrogen) atoms. The highest BCUT2D eigenvalue weighted by Crippen LogP contribution is 2.29. The Kier molecular flexibility index (Phi) is 4.50. The van der Waals surface area contributed by atoms with Crippen molar-refractivity contribution < 1.29 is 18.0 Å². The average molecular weight is 395 g/mol. The Morgan fingerprint density at radius 3 is 2.59 bits per heavy atom. The van der Waals surface area contributed by atoms with Gasteiger partial charge in [0.05, 0.1) is 17.7 Å². The lowest BCUT2D eigenvalue weighted by atomic mass is 10.2. The lowest BCUT2D eigenvalue weighted by Crippen LogP contribution is -2.49. The molecule has 3 aromatic rings.